The van der Waals surface area contributed by atoms with Crippen LogP contribution in [0.15, 0.2) is 24.3 Å². The normalized spacial score (nSPS) is 28.9. The second kappa shape index (κ2) is 6.20. The van der Waals surface area contributed by atoms with Gasteiger partial charge in [-0.15, -0.1) is 0 Å². The molecule has 5 nitrogen and oxygen atoms in total. The fourth-order valence-electron chi connectivity index (χ4n) is 4.62. The molecule has 1 aromatic rings. The van der Waals surface area contributed by atoms with Crippen molar-refractivity contribution in [3.63, 3.8) is 0 Å². The summed E-state index contributed by atoms with van der Waals surface area (Å²) < 4.78 is 0. The van der Waals surface area contributed by atoms with Crippen molar-refractivity contribution in [2.75, 3.05) is 24.5 Å². The third kappa shape index (κ3) is 2.71. The topological polar surface area (TPSA) is 66.6 Å². The van der Waals surface area contributed by atoms with E-state index < -0.39 is 0 Å². The van der Waals surface area contributed by atoms with Crippen LogP contribution in [0, 0.1) is 11.8 Å². The summed E-state index contributed by atoms with van der Waals surface area (Å²) >= 11 is 0. The number of likely N-dealkylation sites (tertiary alicyclic amines) is 1. The van der Waals surface area contributed by atoms with Gasteiger partial charge in [-0.05, 0) is 42.7 Å². The molecule has 0 aromatic heterocycles. The first-order valence-electron chi connectivity index (χ1n) is 9.05. The number of fused-ring (bicyclic) bond motifs is 2. The minimum atomic E-state index is 0.127. The largest absolute Gasteiger partial charge is 0.342 e. The zero-order chi connectivity index (χ0) is 16.7. The Bertz CT molecular complexity index is 660. The predicted molar refractivity (Wildman–Crippen MR) is 92.5 cm³/mol. The molecule has 3 atom stereocenters. The molecule has 0 bridgehead atoms. The lowest BCUT2D eigenvalue weighted by atomic mass is 9.98. The average Bonchev–Trinajstić information content (AvgIpc) is 3.16. The first-order valence-corrected chi connectivity index (χ1v) is 9.05. The van der Waals surface area contributed by atoms with E-state index in [0.717, 1.165) is 38.0 Å². The van der Waals surface area contributed by atoms with E-state index in [4.69, 9.17) is 5.73 Å². The second-order valence-electron chi connectivity index (χ2n) is 7.39. The molecular weight excluding hydrogens is 302 g/mol. The van der Waals surface area contributed by atoms with Crippen LogP contribution in [0.2, 0.25) is 0 Å². The maximum absolute atomic E-state index is 12.6. The van der Waals surface area contributed by atoms with Gasteiger partial charge in [-0.1, -0.05) is 18.2 Å². The van der Waals surface area contributed by atoms with Crippen molar-refractivity contribution in [1.82, 2.24) is 4.90 Å². The van der Waals surface area contributed by atoms with Crippen LogP contribution in [0.4, 0.5) is 5.69 Å². The number of anilines is 1. The Kier molecular flexibility index (Phi) is 4.04. The molecule has 2 N–H and O–H groups in total. The molecule has 1 saturated heterocycles. The van der Waals surface area contributed by atoms with Crippen molar-refractivity contribution in [3.05, 3.63) is 29.8 Å². The molecule has 128 valence electrons. The number of rotatable bonds is 3. The number of benzene rings is 1. The predicted octanol–water partition coefficient (Wildman–Crippen LogP) is 1.55. The van der Waals surface area contributed by atoms with Crippen molar-refractivity contribution in [1.29, 1.82) is 0 Å². The molecule has 1 aliphatic carbocycles. The van der Waals surface area contributed by atoms with Crippen molar-refractivity contribution in [3.8, 4) is 0 Å². The van der Waals surface area contributed by atoms with Crippen LogP contribution in [0.1, 0.15) is 31.2 Å². The van der Waals surface area contributed by atoms with E-state index in [0.29, 0.717) is 31.2 Å². The molecule has 2 heterocycles. The highest BCUT2D eigenvalue weighted by Crippen LogP contribution is 2.37. The van der Waals surface area contributed by atoms with Crippen molar-refractivity contribution >= 4 is 17.5 Å². The average molecular weight is 327 g/mol. The van der Waals surface area contributed by atoms with Crippen molar-refractivity contribution in [2.45, 2.75) is 38.1 Å². The van der Waals surface area contributed by atoms with Gasteiger partial charge in [0, 0.05) is 44.2 Å². The molecule has 3 aliphatic rings. The number of aryl methyl sites for hydroxylation is 1. The lowest BCUT2D eigenvalue weighted by Gasteiger charge is -2.30. The highest BCUT2D eigenvalue weighted by molar-refractivity contribution is 5.97. The zero-order valence-corrected chi connectivity index (χ0v) is 14.0. The van der Waals surface area contributed by atoms with Crippen molar-refractivity contribution < 1.29 is 9.59 Å². The molecule has 2 fully saturated rings. The lowest BCUT2D eigenvalue weighted by Crippen LogP contribution is -2.39. The Morgan fingerprint density at radius 2 is 2.00 bits per heavy atom. The summed E-state index contributed by atoms with van der Waals surface area (Å²) in [5, 5.41) is 0. The van der Waals surface area contributed by atoms with Crippen LogP contribution in [-0.4, -0.2) is 42.4 Å². The van der Waals surface area contributed by atoms with E-state index in [2.05, 4.69) is 6.07 Å². The Morgan fingerprint density at radius 1 is 1.17 bits per heavy atom. The highest BCUT2D eigenvalue weighted by Gasteiger charge is 2.42. The van der Waals surface area contributed by atoms with Gasteiger partial charge < -0.3 is 15.5 Å². The standard InChI is InChI=1S/C19H25N3O2/c20-16-7-5-14-11-21(12-15(14)16)18(23)9-10-22-17-4-2-1-3-13(17)6-8-19(22)24/h1-4,14-16H,5-12,20H2. The molecule has 4 rings (SSSR count). The molecule has 24 heavy (non-hydrogen) atoms. The maximum Gasteiger partial charge on any atom is 0.227 e. The first kappa shape index (κ1) is 15.6. The number of hydrogen-bond acceptors (Lipinski definition) is 3. The lowest BCUT2D eigenvalue weighted by molar-refractivity contribution is -0.130. The molecule has 1 saturated carbocycles. The number of nitrogens with two attached hydrogens (primary N) is 1. The summed E-state index contributed by atoms with van der Waals surface area (Å²) in [7, 11) is 0. The molecule has 1 aromatic carbocycles. The Morgan fingerprint density at radius 3 is 2.83 bits per heavy atom. The van der Waals surface area contributed by atoms with Gasteiger partial charge in [0.25, 0.3) is 0 Å². The fraction of sp³-hybridized carbons (Fsp3) is 0.579. The summed E-state index contributed by atoms with van der Waals surface area (Å²) in [5.74, 6) is 1.35. The van der Waals surface area contributed by atoms with E-state index in [1.165, 1.54) is 5.56 Å². The number of amides is 2. The molecule has 2 amide bonds. The quantitative estimate of drug-likeness (QED) is 0.916. The Labute approximate surface area is 142 Å². The van der Waals surface area contributed by atoms with Crippen LogP contribution >= 0.6 is 0 Å². The van der Waals surface area contributed by atoms with Gasteiger partial charge in [0.2, 0.25) is 11.8 Å². The van der Waals surface area contributed by atoms with Crippen LogP contribution in [0.5, 0.6) is 0 Å². The number of carbonyl (C=O) groups excluding carboxylic acids is 2. The van der Waals surface area contributed by atoms with Crippen LogP contribution in [0.25, 0.3) is 0 Å². The van der Waals surface area contributed by atoms with Gasteiger partial charge >= 0.3 is 0 Å². The minimum absolute atomic E-state index is 0.127. The number of nitrogens with zero attached hydrogens (tertiary/aromatic N) is 2. The number of para-hydroxylation sites is 1. The van der Waals surface area contributed by atoms with E-state index in [9.17, 15) is 9.59 Å². The monoisotopic (exact) mass is 327 g/mol. The summed E-state index contributed by atoms with van der Waals surface area (Å²) in [4.78, 5) is 28.6. The van der Waals surface area contributed by atoms with Gasteiger partial charge in [0.1, 0.15) is 0 Å². The fourth-order valence-corrected chi connectivity index (χ4v) is 4.62. The van der Waals surface area contributed by atoms with Gasteiger partial charge in [-0.3, -0.25) is 9.59 Å². The summed E-state index contributed by atoms with van der Waals surface area (Å²) in [5.41, 5.74) is 8.33. The van der Waals surface area contributed by atoms with Crippen molar-refractivity contribution in [2.24, 2.45) is 17.6 Å². The third-order valence-electron chi connectivity index (χ3n) is 6.01. The third-order valence-corrected chi connectivity index (χ3v) is 6.01. The van der Waals surface area contributed by atoms with Crippen LogP contribution in [0.3, 0.4) is 0 Å². The Balaban J connectivity index is 1.39. The van der Waals surface area contributed by atoms with E-state index in [1.807, 2.05) is 23.1 Å². The Hall–Kier alpha value is -1.88. The smallest absolute Gasteiger partial charge is 0.227 e. The van der Waals surface area contributed by atoms with Gasteiger partial charge in [0.15, 0.2) is 0 Å². The SMILES string of the molecule is NC1CCC2CN(C(=O)CCN3C(=O)CCc4ccccc43)CC12. The minimum Gasteiger partial charge on any atom is -0.342 e. The summed E-state index contributed by atoms with van der Waals surface area (Å²) in [6.07, 6.45) is 3.97. The molecule has 0 radical (unpaired) electrons. The zero-order valence-electron chi connectivity index (χ0n) is 14.0. The van der Waals surface area contributed by atoms with E-state index in [1.54, 1.807) is 4.90 Å². The highest BCUT2D eigenvalue weighted by atomic mass is 16.2. The molecule has 0 spiro atoms. The summed E-state index contributed by atoms with van der Waals surface area (Å²) in [6, 6.07) is 8.26. The molecule has 3 unspecified atom stereocenters. The van der Waals surface area contributed by atoms with Gasteiger partial charge in [-0.25, -0.2) is 0 Å². The van der Waals surface area contributed by atoms with Gasteiger partial charge in [-0.2, -0.15) is 0 Å². The van der Waals surface area contributed by atoms with E-state index >= 15 is 0 Å². The van der Waals surface area contributed by atoms with Crippen LogP contribution < -0.4 is 10.6 Å². The number of carbonyl (C=O) groups is 2. The number of hydrogen-bond donors (Lipinski definition) is 1. The first-order chi connectivity index (χ1) is 11.6. The molecular formula is C19H25N3O2. The van der Waals surface area contributed by atoms with Gasteiger partial charge in [0.05, 0.1) is 0 Å². The second-order valence-corrected chi connectivity index (χ2v) is 7.39. The maximum atomic E-state index is 12.6. The van der Waals surface area contributed by atoms with Crippen LogP contribution in [-0.2, 0) is 16.0 Å². The molecule has 5 heteroatoms. The molecule has 2 aliphatic heterocycles. The summed E-state index contributed by atoms with van der Waals surface area (Å²) in [6.45, 7) is 2.13. The van der Waals surface area contributed by atoms with E-state index in [-0.39, 0.29) is 17.9 Å².